The Kier molecular flexibility index (Phi) is 5.65. The second-order valence-corrected chi connectivity index (χ2v) is 5.35. The van der Waals surface area contributed by atoms with E-state index in [2.05, 4.69) is 15.9 Å². The first-order valence-corrected chi connectivity index (χ1v) is 7.78. The highest BCUT2D eigenvalue weighted by molar-refractivity contribution is 9.10. The van der Waals surface area contributed by atoms with Crippen molar-refractivity contribution in [3.05, 3.63) is 58.1 Å². The topological polar surface area (TPSA) is 38.7 Å². The highest BCUT2D eigenvalue weighted by Gasteiger charge is 2.18. The normalized spacial score (nSPS) is 12.0. The first-order chi connectivity index (χ1) is 10.2. The summed E-state index contributed by atoms with van der Waals surface area (Å²) >= 11 is 3.50. The molecule has 0 bridgehead atoms. The van der Waals surface area contributed by atoms with Gasteiger partial charge in [0.2, 0.25) is 0 Å². The molecule has 0 aliphatic heterocycles. The van der Waals surface area contributed by atoms with Crippen LogP contribution in [0.2, 0.25) is 0 Å². The highest BCUT2D eigenvalue weighted by atomic mass is 79.9. The third-order valence-electron chi connectivity index (χ3n) is 3.07. The number of hydrogen-bond donors (Lipinski definition) is 1. The number of benzene rings is 2. The molecule has 0 aliphatic carbocycles. The Hall–Kier alpha value is -1.52. The average Bonchev–Trinajstić information content (AvgIpc) is 2.50. The van der Waals surface area contributed by atoms with Gasteiger partial charge in [0.25, 0.3) is 0 Å². The van der Waals surface area contributed by atoms with Crippen LogP contribution in [0.25, 0.3) is 0 Å². The van der Waals surface area contributed by atoms with Crippen LogP contribution in [0, 0.1) is 0 Å². The highest BCUT2D eigenvalue weighted by Crippen LogP contribution is 2.38. The van der Waals surface area contributed by atoms with Crippen LogP contribution in [-0.2, 0) is 0 Å². The molecule has 3 nitrogen and oxygen atoms in total. The fourth-order valence-electron chi connectivity index (χ4n) is 2.11. The predicted octanol–water partition coefficient (Wildman–Crippen LogP) is 4.33. The maximum atomic E-state index is 10.6. The summed E-state index contributed by atoms with van der Waals surface area (Å²) in [6, 6.07) is 13.2. The second-order valence-electron chi connectivity index (χ2n) is 4.50. The molecule has 0 radical (unpaired) electrons. The molecule has 0 aliphatic rings. The molecule has 0 saturated heterocycles. The van der Waals surface area contributed by atoms with Crippen molar-refractivity contribution in [2.75, 3.05) is 13.2 Å². The molecule has 4 heteroatoms. The van der Waals surface area contributed by atoms with Crippen molar-refractivity contribution < 1.29 is 14.6 Å². The number of ether oxygens (including phenoxy) is 2. The van der Waals surface area contributed by atoms with Crippen molar-refractivity contribution in [2.45, 2.75) is 20.0 Å². The van der Waals surface area contributed by atoms with Crippen molar-refractivity contribution in [3.63, 3.8) is 0 Å². The van der Waals surface area contributed by atoms with Crippen LogP contribution in [-0.4, -0.2) is 18.3 Å². The van der Waals surface area contributed by atoms with E-state index in [-0.39, 0.29) is 0 Å². The molecule has 0 fully saturated rings. The summed E-state index contributed by atoms with van der Waals surface area (Å²) in [6.45, 7) is 4.96. The molecule has 0 saturated carbocycles. The maximum absolute atomic E-state index is 10.6. The van der Waals surface area contributed by atoms with E-state index < -0.39 is 6.10 Å². The largest absolute Gasteiger partial charge is 0.490 e. The fourth-order valence-corrected chi connectivity index (χ4v) is 2.65. The molecule has 2 rings (SSSR count). The number of aliphatic hydroxyl groups is 1. The van der Waals surface area contributed by atoms with E-state index in [0.29, 0.717) is 24.7 Å². The van der Waals surface area contributed by atoms with Gasteiger partial charge in [-0.15, -0.1) is 0 Å². The molecule has 2 aromatic carbocycles. The minimum atomic E-state index is -0.713. The van der Waals surface area contributed by atoms with Gasteiger partial charge in [0, 0.05) is 10.0 Å². The summed E-state index contributed by atoms with van der Waals surface area (Å²) in [6.07, 6.45) is -0.713. The van der Waals surface area contributed by atoms with Gasteiger partial charge in [-0.3, -0.25) is 0 Å². The summed E-state index contributed by atoms with van der Waals surface area (Å²) < 4.78 is 12.0. The van der Waals surface area contributed by atoms with Crippen molar-refractivity contribution in [1.29, 1.82) is 0 Å². The van der Waals surface area contributed by atoms with Gasteiger partial charge >= 0.3 is 0 Å². The van der Waals surface area contributed by atoms with E-state index in [9.17, 15) is 5.11 Å². The summed E-state index contributed by atoms with van der Waals surface area (Å²) in [5.74, 6) is 1.32. The molecule has 0 heterocycles. The van der Waals surface area contributed by atoms with Crippen LogP contribution in [0.15, 0.2) is 46.9 Å². The lowest BCUT2D eigenvalue weighted by atomic mass is 10.0. The molecule has 1 unspecified atom stereocenters. The van der Waals surface area contributed by atoms with E-state index >= 15 is 0 Å². The van der Waals surface area contributed by atoms with Gasteiger partial charge in [-0.05, 0) is 31.5 Å². The Morgan fingerprint density at radius 2 is 1.57 bits per heavy atom. The molecule has 0 amide bonds. The molecular weight excluding hydrogens is 332 g/mol. The van der Waals surface area contributed by atoms with Gasteiger partial charge in [0.1, 0.15) is 6.10 Å². The van der Waals surface area contributed by atoms with Crippen LogP contribution in [0.1, 0.15) is 31.1 Å². The van der Waals surface area contributed by atoms with Gasteiger partial charge < -0.3 is 14.6 Å². The SMILES string of the molecule is CCOc1cc(Br)c(C(O)c2ccccc2)cc1OCC. The molecule has 1 atom stereocenters. The Labute approximate surface area is 133 Å². The van der Waals surface area contributed by atoms with Gasteiger partial charge in [-0.1, -0.05) is 46.3 Å². The molecule has 112 valence electrons. The quantitative estimate of drug-likeness (QED) is 0.842. The Balaban J connectivity index is 2.41. The molecule has 2 aromatic rings. The average molecular weight is 351 g/mol. The number of halogens is 1. The lowest BCUT2D eigenvalue weighted by Gasteiger charge is -2.18. The third kappa shape index (κ3) is 3.77. The van der Waals surface area contributed by atoms with Gasteiger partial charge in [-0.2, -0.15) is 0 Å². The zero-order valence-corrected chi connectivity index (χ0v) is 13.8. The van der Waals surface area contributed by atoms with Crippen LogP contribution in [0.4, 0.5) is 0 Å². The van der Waals surface area contributed by atoms with Gasteiger partial charge in [0.05, 0.1) is 13.2 Å². The Morgan fingerprint density at radius 3 is 2.14 bits per heavy atom. The van der Waals surface area contributed by atoms with Gasteiger partial charge in [-0.25, -0.2) is 0 Å². The standard InChI is InChI=1S/C17H19BrO3/c1-3-20-15-10-13(14(18)11-16(15)21-4-2)17(19)12-8-6-5-7-9-12/h5-11,17,19H,3-4H2,1-2H3. The Bertz CT molecular complexity index is 584. The van der Waals surface area contributed by atoms with Crippen LogP contribution in [0.3, 0.4) is 0 Å². The van der Waals surface area contributed by atoms with Crippen LogP contribution >= 0.6 is 15.9 Å². The number of hydrogen-bond acceptors (Lipinski definition) is 3. The fraction of sp³-hybridized carbons (Fsp3) is 0.294. The van der Waals surface area contributed by atoms with Crippen LogP contribution < -0.4 is 9.47 Å². The number of aliphatic hydroxyl groups excluding tert-OH is 1. The zero-order valence-electron chi connectivity index (χ0n) is 12.2. The number of rotatable bonds is 6. The molecule has 21 heavy (non-hydrogen) atoms. The third-order valence-corrected chi connectivity index (χ3v) is 3.76. The van der Waals surface area contributed by atoms with E-state index in [4.69, 9.17) is 9.47 Å². The monoisotopic (exact) mass is 350 g/mol. The minimum absolute atomic E-state index is 0.544. The molecule has 1 N–H and O–H groups in total. The zero-order chi connectivity index (χ0) is 15.2. The first-order valence-electron chi connectivity index (χ1n) is 6.99. The minimum Gasteiger partial charge on any atom is -0.490 e. The second kappa shape index (κ2) is 7.48. The van der Waals surface area contributed by atoms with Crippen LogP contribution in [0.5, 0.6) is 11.5 Å². The smallest absolute Gasteiger partial charge is 0.162 e. The molecule has 0 spiro atoms. The van der Waals surface area contributed by atoms with Crippen molar-refractivity contribution in [3.8, 4) is 11.5 Å². The lowest BCUT2D eigenvalue weighted by Crippen LogP contribution is -2.04. The summed E-state index contributed by atoms with van der Waals surface area (Å²) in [5.41, 5.74) is 1.60. The molecular formula is C17H19BrO3. The summed E-state index contributed by atoms with van der Waals surface area (Å²) in [7, 11) is 0. The van der Waals surface area contributed by atoms with Crippen molar-refractivity contribution >= 4 is 15.9 Å². The van der Waals surface area contributed by atoms with Crippen molar-refractivity contribution in [1.82, 2.24) is 0 Å². The van der Waals surface area contributed by atoms with E-state index in [1.54, 1.807) is 0 Å². The lowest BCUT2D eigenvalue weighted by molar-refractivity contribution is 0.218. The Morgan fingerprint density at radius 1 is 1.00 bits per heavy atom. The molecule has 0 aromatic heterocycles. The van der Waals surface area contributed by atoms with E-state index in [1.165, 1.54) is 0 Å². The van der Waals surface area contributed by atoms with E-state index in [0.717, 1.165) is 15.6 Å². The first kappa shape index (κ1) is 15.9. The summed E-state index contributed by atoms with van der Waals surface area (Å²) in [4.78, 5) is 0. The predicted molar refractivity (Wildman–Crippen MR) is 87.0 cm³/mol. The maximum Gasteiger partial charge on any atom is 0.162 e. The van der Waals surface area contributed by atoms with Crippen molar-refractivity contribution in [2.24, 2.45) is 0 Å². The summed E-state index contributed by atoms with van der Waals surface area (Å²) in [5, 5.41) is 10.6. The van der Waals surface area contributed by atoms with E-state index in [1.807, 2.05) is 56.3 Å². The van der Waals surface area contributed by atoms with Gasteiger partial charge in [0.15, 0.2) is 11.5 Å².